The minimum atomic E-state index is -0.356. The van der Waals surface area contributed by atoms with Crippen molar-refractivity contribution in [3.8, 4) is 17.1 Å². The molecule has 0 aliphatic heterocycles. The molecule has 100 valence electrons. The van der Waals surface area contributed by atoms with Gasteiger partial charge < -0.3 is 4.74 Å². The molecule has 19 heavy (non-hydrogen) atoms. The molecule has 0 saturated heterocycles. The number of ether oxygens (including phenoxy) is 1. The maximum Gasteiger partial charge on any atom is 0.159 e. The lowest BCUT2D eigenvalue weighted by atomic mass is 10.1. The molecule has 3 nitrogen and oxygen atoms in total. The Bertz CT molecular complexity index is 516. The van der Waals surface area contributed by atoms with E-state index in [1.165, 1.54) is 21.4 Å². The maximum absolute atomic E-state index is 5.07. The molecule has 1 heterocycles. The Morgan fingerprint density at radius 1 is 1.21 bits per heavy atom. The summed E-state index contributed by atoms with van der Waals surface area (Å²) in [6.07, 6.45) is 3.41. The molecule has 0 amide bonds. The van der Waals surface area contributed by atoms with E-state index in [1.54, 1.807) is 19.5 Å². The normalized spacial score (nSPS) is 12.9. The molecule has 0 fully saturated rings. The summed E-state index contributed by atoms with van der Waals surface area (Å²) in [7, 11) is 3.11. The van der Waals surface area contributed by atoms with Gasteiger partial charge in [-0.25, -0.2) is 9.97 Å². The monoisotopic (exact) mass is 304 g/mol. The standard InChI is InChI=1S/C13H20N2OSi3/c1-16-12-7-14-13(15-8-12)11-5-3-10(4-6-11)9-19(2)18-17/h3-8,19H,9,18H2,1-2,17H3. The van der Waals surface area contributed by atoms with E-state index < -0.39 is 0 Å². The van der Waals surface area contributed by atoms with Crippen LogP contribution >= 0.6 is 0 Å². The lowest BCUT2D eigenvalue weighted by molar-refractivity contribution is 0.411. The molecule has 1 unspecified atom stereocenters. The summed E-state index contributed by atoms with van der Waals surface area (Å²) in [5.41, 5.74) is 2.56. The van der Waals surface area contributed by atoms with Crippen LogP contribution in [0.15, 0.2) is 36.7 Å². The molecule has 1 aromatic carbocycles. The van der Waals surface area contributed by atoms with Crippen LogP contribution in [0.2, 0.25) is 6.55 Å². The van der Waals surface area contributed by atoms with Crippen LogP contribution < -0.4 is 4.74 Å². The van der Waals surface area contributed by atoms with E-state index in [2.05, 4.69) is 40.8 Å². The molecule has 0 N–H and O–H groups in total. The Morgan fingerprint density at radius 3 is 2.37 bits per heavy atom. The number of benzene rings is 1. The SMILES string of the molecule is COc1cnc(-c2ccc(C[SiH](C)[SiH2][SiH3])cc2)nc1. The van der Waals surface area contributed by atoms with Crippen molar-refractivity contribution in [1.29, 1.82) is 0 Å². The van der Waals surface area contributed by atoms with E-state index in [-0.39, 0.29) is 8.31 Å². The molecule has 1 atom stereocenters. The molecule has 0 saturated carbocycles. The lowest BCUT2D eigenvalue weighted by Crippen LogP contribution is -2.21. The first kappa shape index (κ1) is 14.2. The second kappa shape index (κ2) is 6.78. The number of nitrogens with zero attached hydrogens (tertiary/aromatic N) is 2. The van der Waals surface area contributed by atoms with E-state index in [9.17, 15) is 0 Å². The van der Waals surface area contributed by atoms with Gasteiger partial charge in [0, 0.05) is 13.9 Å². The number of aromatic nitrogens is 2. The number of methoxy groups -OCH3 is 1. The zero-order chi connectivity index (χ0) is 13.7. The average Bonchev–Trinajstić information content (AvgIpc) is 2.48. The first-order valence-corrected chi connectivity index (χ1v) is 17.6. The molecule has 0 aliphatic rings. The van der Waals surface area contributed by atoms with Gasteiger partial charge in [0.15, 0.2) is 11.6 Å². The summed E-state index contributed by atoms with van der Waals surface area (Å²) in [4.78, 5) is 8.62. The first-order valence-electron chi connectivity index (χ1n) is 6.68. The third-order valence-electron chi connectivity index (χ3n) is 3.36. The molecule has 2 aromatic rings. The highest BCUT2D eigenvalue weighted by molar-refractivity contribution is 7.30. The Hall–Kier alpha value is -1.25. The minimum absolute atomic E-state index is 0.356. The van der Waals surface area contributed by atoms with Crippen molar-refractivity contribution in [2.45, 2.75) is 12.6 Å². The fraction of sp³-hybridized carbons (Fsp3) is 0.231. The van der Waals surface area contributed by atoms with Crippen molar-refractivity contribution in [3.05, 3.63) is 42.2 Å². The smallest absolute Gasteiger partial charge is 0.159 e. The third kappa shape index (κ3) is 3.85. The third-order valence-corrected chi connectivity index (χ3v) is 23.5. The van der Waals surface area contributed by atoms with Crippen molar-refractivity contribution in [2.75, 3.05) is 7.11 Å². The van der Waals surface area contributed by atoms with E-state index in [0.717, 1.165) is 11.4 Å². The van der Waals surface area contributed by atoms with Gasteiger partial charge >= 0.3 is 0 Å². The highest BCUT2D eigenvalue weighted by Crippen LogP contribution is 2.17. The van der Waals surface area contributed by atoms with Gasteiger partial charge in [0.25, 0.3) is 0 Å². The van der Waals surface area contributed by atoms with Gasteiger partial charge in [-0.15, -0.1) is 0 Å². The van der Waals surface area contributed by atoms with Gasteiger partial charge in [0.1, 0.15) is 0 Å². The van der Waals surface area contributed by atoms with Crippen molar-refractivity contribution in [2.24, 2.45) is 0 Å². The highest BCUT2D eigenvalue weighted by atomic mass is 29.5. The molecular weight excluding hydrogens is 284 g/mol. The Kier molecular flexibility index (Phi) is 5.06. The van der Waals surface area contributed by atoms with Crippen molar-refractivity contribution >= 4 is 26.6 Å². The Balaban J connectivity index is 2.12. The minimum Gasteiger partial charge on any atom is -0.494 e. The Labute approximate surface area is 120 Å². The van der Waals surface area contributed by atoms with Crippen LogP contribution in [0.3, 0.4) is 0 Å². The molecular formula is C13H20N2OSi3. The fourth-order valence-corrected chi connectivity index (χ4v) is 7.74. The molecule has 2 rings (SSSR count). The predicted octanol–water partition coefficient (Wildman–Crippen LogP) is 0.0367. The van der Waals surface area contributed by atoms with Crippen LogP contribution in [-0.2, 0) is 6.04 Å². The number of hydrogen-bond donors (Lipinski definition) is 0. The summed E-state index contributed by atoms with van der Waals surface area (Å²) in [6.45, 7) is 2.51. The van der Waals surface area contributed by atoms with Crippen LogP contribution in [-0.4, -0.2) is 43.7 Å². The summed E-state index contributed by atoms with van der Waals surface area (Å²) in [5.74, 6) is 1.45. The molecule has 1 aromatic heterocycles. The first-order chi connectivity index (χ1) is 9.22. The molecule has 0 aliphatic carbocycles. The summed E-state index contributed by atoms with van der Waals surface area (Å²) in [6, 6.07) is 10.1. The second-order valence-corrected chi connectivity index (χ2v) is 22.3. The highest BCUT2D eigenvalue weighted by Gasteiger charge is 2.05. The topological polar surface area (TPSA) is 35.0 Å². The largest absolute Gasteiger partial charge is 0.494 e. The van der Waals surface area contributed by atoms with Crippen molar-refractivity contribution in [3.63, 3.8) is 0 Å². The van der Waals surface area contributed by atoms with E-state index in [0.29, 0.717) is 14.3 Å². The number of hydrogen-bond acceptors (Lipinski definition) is 3. The maximum atomic E-state index is 5.07. The molecule has 0 bridgehead atoms. The zero-order valence-corrected chi connectivity index (χ0v) is 16.3. The summed E-state index contributed by atoms with van der Waals surface area (Å²) < 4.78 is 5.07. The summed E-state index contributed by atoms with van der Waals surface area (Å²) >= 11 is 0. The van der Waals surface area contributed by atoms with E-state index >= 15 is 0 Å². The van der Waals surface area contributed by atoms with Gasteiger partial charge in [-0.3, -0.25) is 0 Å². The molecule has 0 radical (unpaired) electrons. The van der Waals surface area contributed by atoms with Crippen LogP contribution in [0.1, 0.15) is 5.56 Å². The number of rotatable bonds is 5. The second-order valence-electron chi connectivity index (χ2n) is 4.86. The van der Waals surface area contributed by atoms with Crippen LogP contribution in [0, 0.1) is 0 Å². The van der Waals surface area contributed by atoms with Crippen molar-refractivity contribution in [1.82, 2.24) is 9.97 Å². The van der Waals surface area contributed by atoms with Crippen LogP contribution in [0.25, 0.3) is 11.4 Å². The fourth-order valence-electron chi connectivity index (χ4n) is 1.91. The van der Waals surface area contributed by atoms with Gasteiger partial charge in [-0.05, 0) is 24.4 Å². The summed E-state index contributed by atoms with van der Waals surface area (Å²) in [5, 5.41) is 0. The molecule has 0 spiro atoms. The van der Waals surface area contributed by atoms with E-state index in [4.69, 9.17) is 4.74 Å². The van der Waals surface area contributed by atoms with Gasteiger partial charge in [-0.1, -0.05) is 36.4 Å². The van der Waals surface area contributed by atoms with Crippen LogP contribution in [0.4, 0.5) is 0 Å². The predicted molar refractivity (Wildman–Crippen MR) is 89.2 cm³/mol. The van der Waals surface area contributed by atoms with Gasteiger partial charge in [0.2, 0.25) is 0 Å². The average molecular weight is 305 g/mol. The van der Waals surface area contributed by atoms with Gasteiger partial charge in [0.05, 0.1) is 19.5 Å². The van der Waals surface area contributed by atoms with Crippen LogP contribution in [0.5, 0.6) is 5.75 Å². The molecule has 6 heteroatoms. The Morgan fingerprint density at radius 2 is 1.84 bits per heavy atom. The van der Waals surface area contributed by atoms with E-state index in [1.807, 2.05) is 0 Å². The zero-order valence-electron chi connectivity index (χ0n) is 11.8. The van der Waals surface area contributed by atoms with Crippen molar-refractivity contribution < 1.29 is 4.74 Å². The van der Waals surface area contributed by atoms with Gasteiger partial charge in [-0.2, -0.15) is 0 Å². The quantitative estimate of drug-likeness (QED) is 0.732. The lowest BCUT2D eigenvalue weighted by Gasteiger charge is -2.07.